The Bertz CT molecular complexity index is 1180. The number of amides is 1. The van der Waals surface area contributed by atoms with Gasteiger partial charge in [-0.15, -0.1) is 0 Å². The molecular weight excluding hydrogens is 863 g/mol. The van der Waals surface area contributed by atoms with E-state index in [0.717, 1.165) is 64.2 Å². The van der Waals surface area contributed by atoms with E-state index in [1.165, 1.54) is 225 Å². The lowest BCUT2D eigenvalue weighted by molar-refractivity contribution is -0.143. The van der Waals surface area contributed by atoms with Gasteiger partial charge in [-0.05, 0) is 70.6 Å². The first-order valence-corrected chi connectivity index (χ1v) is 30.9. The number of ether oxygens (including phenoxy) is 1. The molecule has 0 radical (unpaired) electrons. The number of carbonyl (C=O) groups is 2. The molecule has 0 fully saturated rings. The number of unbranched alkanes of at least 4 members (excludes halogenated alkanes) is 38. The van der Waals surface area contributed by atoms with Gasteiger partial charge in [0, 0.05) is 12.8 Å². The number of hydrogen-bond acceptors (Lipinski definition) is 5. The van der Waals surface area contributed by atoms with Gasteiger partial charge in [0.25, 0.3) is 0 Å². The van der Waals surface area contributed by atoms with Gasteiger partial charge in [-0.1, -0.05) is 287 Å². The first kappa shape index (κ1) is 67.8. The number of hydrogen-bond donors (Lipinski definition) is 3. The average Bonchev–Trinajstić information content (AvgIpc) is 3.36. The maximum absolute atomic E-state index is 12.5. The van der Waals surface area contributed by atoms with Gasteiger partial charge < -0.3 is 20.3 Å². The number of esters is 1. The van der Waals surface area contributed by atoms with Gasteiger partial charge in [-0.2, -0.15) is 0 Å². The van der Waals surface area contributed by atoms with Gasteiger partial charge in [-0.25, -0.2) is 0 Å². The molecule has 6 heteroatoms. The lowest BCUT2D eigenvalue weighted by atomic mass is 10.0. The van der Waals surface area contributed by atoms with Crippen molar-refractivity contribution in [1.29, 1.82) is 0 Å². The molecule has 0 rings (SSSR count). The Morgan fingerprint density at radius 2 is 0.729 bits per heavy atom. The van der Waals surface area contributed by atoms with Crippen LogP contribution in [-0.2, 0) is 14.3 Å². The molecule has 2 unspecified atom stereocenters. The first-order chi connectivity index (χ1) is 34.5. The summed E-state index contributed by atoms with van der Waals surface area (Å²) in [6.07, 6.45) is 75.6. The van der Waals surface area contributed by atoms with Gasteiger partial charge in [0.1, 0.15) is 0 Å². The van der Waals surface area contributed by atoms with Gasteiger partial charge in [0.15, 0.2) is 0 Å². The second kappa shape index (κ2) is 59.4. The van der Waals surface area contributed by atoms with Crippen LogP contribution in [0.25, 0.3) is 0 Å². The monoisotopic (exact) mass is 982 g/mol. The molecule has 0 aliphatic rings. The first-order valence-electron chi connectivity index (χ1n) is 30.9. The Kier molecular flexibility index (Phi) is 57.5. The Morgan fingerprint density at radius 3 is 1.13 bits per heavy atom. The van der Waals surface area contributed by atoms with E-state index in [-0.39, 0.29) is 18.5 Å². The smallest absolute Gasteiger partial charge is 0.305 e. The fourth-order valence-electron chi connectivity index (χ4n) is 9.38. The Balaban J connectivity index is 3.47. The highest BCUT2D eigenvalue weighted by Crippen LogP contribution is 2.17. The van der Waals surface area contributed by atoms with E-state index in [4.69, 9.17) is 4.74 Å². The zero-order valence-electron chi connectivity index (χ0n) is 46.7. The maximum Gasteiger partial charge on any atom is 0.305 e. The van der Waals surface area contributed by atoms with Crippen LogP contribution in [0.4, 0.5) is 0 Å². The number of rotatable bonds is 57. The molecule has 6 nitrogen and oxygen atoms in total. The van der Waals surface area contributed by atoms with Crippen molar-refractivity contribution in [2.45, 2.75) is 334 Å². The summed E-state index contributed by atoms with van der Waals surface area (Å²) in [7, 11) is 0. The summed E-state index contributed by atoms with van der Waals surface area (Å²) in [4.78, 5) is 24.5. The molecule has 0 saturated carbocycles. The number of carbonyl (C=O) groups excluding carboxylic acids is 2. The van der Waals surface area contributed by atoms with Crippen molar-refractivity contribution < 1.29 is 24.5 Å². The minimum Gasteiger partial charge on any atom is -0.465 e. The van der Waals surface area contributed by atoms with E-state index in [9.17, 15) is 19.8 Å². The summed E-state index contributed by atoms with van der Waals surface area (Å²) < 4.78 is 5.40. The van der Waals surface area contributed by atoms with Crippen molar-refractivity contribution in [1.82, 2.24) is 5.32 Å². The van der Waals surface area contributed by atoms with Crippen molar-refractivity contribution in [2.24, 2.45) is 0 Å². The lowest BCUT2D eigenvalue weighted by Crippen LogP contribution is -2.45. The van der Waals surface area contributed by atoms with Gasteiger partial charge in [0.05, 0.1) is 25.4 Å². The van der Waals surface area contributed by atoms with E-state index in [2.05, 4.69) is 67.8 Å². The molecule has 3 N–H and O–H groups in total. The van der Waals surface area contributed by atoms with Crippen LogP contribution >= 0.6 is 0 Å². The highest BCUT2D eigenvalue weighted by Gasteiger charge is 2.20. The third-order valence-corrected chi connectivity index (χ3v) is 14.1. The topological polar surface area (TPSA) is 95.9 Å². The number of allylic oxidation sites excluding steroid dienone is 7. The van der Waals surface area contributed by atoms with Crippen LogP contribution in [0.2, 0.25) is 0 Å². The number of aliphatic hydroxyl groups excluding tert-OH is 2. The number of aliphatic hydroxyl groups is 2. The maximum atomic E-state index is 12.5. The highest BCUT2D eigenvalue weighted by molar-refractivity contribution is 5.76. The van der Waals surface area contributed by atoms with E-state index < -0.39 is 12.1 Å². The number of nitrogens with one attached hydrogen (secondary N) is 1. The van der Waals surface area contributed by atoms with Crippen molar-refractivity contribution in [3.63, 3.8) is 0 Å². The molecule has 0 aromatic carbocycles. The molecule has 410 valence electrons. The predicted octanol–water partition coefficient (Wildman–Crippen LogP) is 19.4. The zero-order valence-corrected chi connectivity index (χ0v) is 46.7. The molecule has 0 aromatic rings. The summed E-state index contributed by atoms with van der Waals surface area (Å²) in [5.74, 6) is -0.0882. The fourth-order valence-corrected chi connectivity index (χ4v) is 9.38. The van der Waals surface area contributed by atoms with Gasteiger partial charge in [0.2, 0.25) is 5.91 Å². The van der Waals surface area contributed by atoms with Crippen molar-refractivity contribution >= 4 is 11.9 Å². The normalized spacial score (nSPS) is 12.9. The molecular formula is C64H119NO5. The summed E-state index contributed by atoms with van der Waals surface area (Å²) >= 11 is 0. The minimum atomic E-state index is -0.669. The Hall–Kier alpha value is -2.18. The van der Waals surface area contributed by atoms with Gasteiger partial charge >= 0.3 is 5.97 Å². The minimum absolute atomic E-state index is 0.0383. The van der Waals surface area contributed by atoms with Gasteiger partial charge in [-0.3, -0.25) is 9.59 Å². The van der Waals surface area contributed by atoms with Crippen LogP contribution in [-0.4, -0.2) is 47.4 Å². The average molecular weight is 983 g/mol. The molecule has 1 amide bonds. The molecule has 0 aliphatic carbocycles. The van der Waals surface area contributed by atoms with Crippen molar-refractivity contribution in [2.75, 3.05) is 13.2 Å². The molecule has 0 saturated heterocycles. The Labute approximate surface area is 436 Å². The van der Waals surface area contributed by atoms with Crippen LogP contribution in [0.1, 0.15) is 322 Å². The van der Waals surface area contributed by atoms with Crippen LogP contribution < -0.4 is 5.32 Å². The molecule has 2 atom stereocenters. The van der Waals surface area contributed by atoms with Crippen molar-refractivity contribution in [3.8, 4) is 0 Å². The van der Waals surface area contributed by atoms with E-state index in [1.54, 1.807) is 0 Å². The largest absolute Gasteiger partial charge is 0.465 e. The predicted molar refractivity (Wildman–Crippen MR) is 306 cm³/mol. The quantitative estimate of drug-likeness (QED) is 0.0321. The van der Waals surface area contributed by atoms with Crippen LogP contribution in [0, 0.1) is 0 Å². The summed E-state index contributed by atoms with van der Waals surface area (Å²) in [6, 6.07) is -0.547. The molecule has 0 spiro atoms. The summed E-state index contributed by atoms with van der Waals surface area (Å²) in [5, 5.41) is 23.3. The molecule has 0 aliphatic heterocycles. The second-order valence-corrected chi connectivity index (χ2v) is 21.0. The molecule has 0 aromatic heterocycles. The van der Waals surface area contributed by atoms with Crippen LogP contribution in [0.3, 0.4) is 0 Å². The third kappa shape index (κ3) is 55.1. The fraction of sp³-hybridized carbons (Fsp3) is 0.844. The van der Waals surface area contributed by atoms with Crippen LogP contribution in [0.5, 0.6) is 0 Å². The van der Waals surface area contributed by atoms with E-state index in [0.29, 0.717) is 25.9 Å². The van der Waals surface area contributed by atoms with E-state index in [1.807, 2.05) is 0 Å². The SMILES string of the molecule is CCCC/C=C\C/C=C\CCCCCCCC(=O)OCC/C=C\C/C=C\CCCCCCCCCCCCCCCCC(=O)NC(CO)C(O)CCCCCCCCCCCCCCCCCCCC. The standard InChI is InChI=1S/C64H119NO5/c1-3-5-7-9-11-13-15-17-19-20-26-29-32-36-40-44-48-52-56-62(67)61(60-66)65-63(68)57-53-49-45-41-37-33-30-27-24-22-21-23-25-28-31-35-39-43-47-51-55-59-70-64(69)58-54-50-46-42-38-34-18-16-14-12-10-8-6-4-2/h10,12,16,18,35,39,47,51,61-62,66-67H,3-9,11,13-15,17,19-34,36-38,40-46,48-50,52-60H2,1-2H3,(H,65,68)/b12-10-,18-16-,39-35-,51-47-. The molecule has 0 heterocycles. The summed E-state index contributed by atoms with van der Waals surface area (Å²) in [5.41, 5.74) is 0. The van der Waals surface area contributed by atoms with E-state index >= 15 is 0 Å². The lowest BCUT2D eigenvalue weighted by Gasteiger charge is -2.22. The van der Waals surface area contributed by atoms with Crippen molar-refractivity contribution in [3.05, 3.63) is 48.6 Å². The van der Waals surface area contributed by atoms with Crippen LogP contribution in [0.15, 0.2) is 48.6 Å². The summed E-state index contributed by atoms with van der Waals surface area (Å²) in [6.45, 7) is 4.81. The molecule has 0 bridgehead atoms. The zero-order chi connectivity index (χ0) is 50.7. The second-order valence-electron chi connectivity index (χ2n) is 21.0. The Morgan fingerprint density at radius 1 is 0.400 bits per heavy atom. The highest BCUT2D eigenvalue weighted by atomic mass is 16.5. The third-order valence-electron chi connectivity index (χ3n) is 14.1. The molecule has 70 heavy (non-hydrogen) atoms.